The minimum absolute atomic E-state index is 0.00450. The number of fused-ring (bicyclic) bond motifs is 1. The zero-order valence-corrected chi connectivity index (χ0v) is 21.8. The Balaban J connectivity index is 1.34. The topological polar surface area (TPSA) is 196 Å². The van der Waals surface area contributed by atoms with Crippen molar-refractivity contribution in [3.63, 3.8) is 0 Å². The van der Waals surface area contributed by atoms with E-state index in [2.05, 4.69) is 0 Å². The number of aliphatic hydroxyl groups excluding tert-OH is 3. The highest BCUT2D eigenvalue weighted by Gasteiger charge is 2.46. The SMILES string of the molecule is O=C(/C=C/c1ccc(O)cc1)OC[C@H]1O[C@@H](OC2=Cc3c(O)cc(O)cc3OC2c2ccc(O)cc2)[C@H](O)[C@@H](O)[C@@H]1O. The van der Waals surface area contributed by atoms with Crippen LogP contribution in [0.5, 0.6) is 28.7 Å². The van der Waals surface area contributed by atoms with E-state index in [1.54, 1.807) is 24.3 Å². The summed E-state index contributed by atoms with van der Waals surface area (Å²) in [5.41, 5.74) is 1.28. The Hall–Kier alpha value is -4.75. The van der Waals surface area contributed by atoms with Gasteiger partial charge in [-0.15, -0.1) is 0 Å². The Labute approximate surface area is 239 Å². The summed E-state index contributed by atoms with van der Waals surface area (Å²) in [6.45, 7) is -0.497. The molecule has 1 saturated heterocycles. The van der Waals surface area contributed by atoms with E-state index in [9.17, 15) is 40.5 Å². The highest BCUT2D eigenvalue weighted by molar-refractivity contribution is 5.87. The molecule has 2 aliphatic rings. The highest BCUT2D eigenvalue weighted by Crippen LogP contribution is 2.44. The fraction of sp³-hybridized carbons (Fsp3) is 0.233. The van der Waals surface area contributed by atoms with E-state index in [1.807, 2.05) is 0 Å². The van der Waals surface area contributed by atoms with Gasteiger partial charge in [-0.05, 0) is 42.0 Å². The molecule has 2 heterocycles. The average molecular weight is 581 g/mol. The zero-order valence-electron chi connectivity index (χ0n) is 21.8. The van der Waals surface area contributed by atoms with Gasteiger partial charge in [0.25, 0.3) is 0 Å². The second-order valence-corrected chi connectivity index (χ2v) is 9.70. The maximum Gasteiger partial charge on any atom is 0.330 e. The molecule has 3 aromatic rings. The fourth-order valence-corrected chi connectivity index (χ4v) is 4.47. The van der Waals surface area contributed by atoms with Crippen molar-refractivity contribution in [1.29, 1.82) is 0 Å². The van der Waals surface area contributed by atoms with E-state index in [0.29, 0.717) is 11.1 Å². The van der Waals surface area contributed by atoms with E-state index in [1.165, 1.54) is 42.5 Å². The maximum atomic E-state index is 12.2. The van der Waals surface area contributed by atoms with Crippen molar-refractivity contribution in [1.82, 2.24) is 0 Å². The summed E-state index contributed by atoms with van der Waals surface area (Å²) >= 11 is 0. The van der Waals surface area contributed by atoms with Crippen molar-refractivity contribution >= 4 is 18.1 Å². The van der Waals surface area contributed by atoms with Crippen molar-refractivity contribution < 1.29 is 59.5 Å². The summed E-state index contributed by atoms with van der Waals surface area (Å²) in [4.78, 5) is 12.2. The highest BCUT2D eigenvalue weighted by atomic mass is 16.7. The van der Waals surface area contributed by atoms with Gasteiger partial charge in [-0.1, -0.05) is 24.3 Å². The first kappa shape index (κ1) is 28.8. The number of aliphatic hydroxyl groups is 3. The van der Waals surface area contributed by atoms with Crippen molar-refractivity contribution in [3.8, 4) is 28.7 Å². The summed E-state index contributed by atoms with van der Waals surface area (Å²) < 4.78 is 22.8. The summed E-state index contributed by atoms with van der Waals surface area (Å²) in [5, 5.41) is 71.0. The minimum Gasteiger partial charge on any atom is -0.508 e. The monoisotopic (exact) mass is 580 g/mol. The molecule has 0 aliphatic carbocycles. The Morgan fingerprint density at radius 3 is 2.19 bits per heavy atom. The van der Waals surface area contributed by atoms with Crippen LogP contribution in [0.25, 0.3) is 12.2 Å². The second kappa shape index (κ2) is 12.0. The molecular weight excluding hydrogens is 552 g/mol. The second-order valence-electron chi connectivity index (χ2n) is 9.70. The van der Waals surface area contributed by atoms with Crippen LogP contribution in [0.4, 0.5) is 0 Å². The Morgan fingerprint density at radius 2 is 1.50 bits per heavy atom. The number of phenolic OH excluding ortho intramolecular Hbond substituents is 4. The first-order valence-electron chi connectivity index (χ1n) is 12.8. The number of carbonyl (C=O) groups is 1. The van der Waals surface area contributed by atoms with Gasteiger partial charge in [-0.25, -0.2) is 4.79 Å². The smallest absolute Gasteiger partial charge is 0.330 e. The maximum absolute atomic E-state index is 12.2. The van der Waals surface area contributed by atoms with Gasteiger partial charge in [-0.2, -0.15) is 0 Å². The van der Waals surface area contributed by atoms with Gasteiger partial charge in [0.1, 0.15) is 65.5 Å². The number of aromatic hydroxyl groups is 4. The van der Waals surface area contributed by atoms with Gasteiger partial charge in [0.05, 0.1) is 5.56 Å². The van der Waals surface area contributed by atoms with Crippen molar-refractivity contribution in [3.05, 3.63) is 89.2 Å². The summed E-state index contributed by atoms with van der Waals surface area (Å²) in [6.07, 6.45) is -4.99. The van der Waals surface area contributed by atoms with Crippen molar-refractivity contribution in [2.24, 2.45) is 0 Å². The number of rotatable bonds is 7. The standard InChI is InChI=1S/C30H28O12/c31-17-6-1-15(2-7-17)3-10-25(35)39-14-24-26(36)27(37)28(38)30(42-24)41-23-13-20-21(34)11-19(33)12-22(20)40-29(23)16-4-8-18(32)9-5-16/h1-13,24,26-34,36-38H,14H2/b10-3+/t24-,26-,27+,28-,29?,30-/m1/s1. The molecule has 42 heavy (non-hydrogen) atoms. The molecule has 5 rings (SSSR count). The lowest BCUT2D eigenvalue weighted by Crippen LogP contribution is -2.59. The van der Waals surface area contributed by atoms with E-state index in [4.69, 9.17) is 18.9 Å². The fourth-order valence-electron chi connectivity index (χ4n) is 4.47. The lowest BCUT2D eigenvalue weighted by atomic mass is 9.98. The molecule has 7 N–H and O–H groups in total. The number of phenols is 4. The molecule has 2 aliphatic heterocycles. The van der Waals surface area contributed by atoms with Crippen LogP contribution < -0.4 is 4.74 Å². The number of benzene rings is 3. The molecule has 1 unspecified atom stereocenters. The van der Waals surface area contributed by atoms with Gasteiger partial charge >= 0.3 is 5.97 Å². The first-order chi connectivity index (χ1) is 20.1. The molecule has 0 aromatic heterocycles. The van der Waals surface area contributed by atoms with E-state index in [0.717, 1.165) is 12.1 Å². The molecule has 12 nitrogen and oxygen atoms in total. The lowest BCUT2D eigenvalue weighted by molar-refractivity contribution is -0.294. The largest absolute Gasteiger partial charge is 0.508 e. The van der Waals surface area contributed by atoms with Crippen LogP contribution in [0.15, 0.2) is 72.5 Å². The number of esters is 1. The van der Waals surface area contributed by atoms with E-state index in [-0.39, 0.29) is 40.1 Å². The molecule has 0 bridgehead atoms. The van der Waals surface area contributed by atoms with E-state index >= 15 is 0 Å². The Kier molecular flexibility index (Phi) is 8.22. The quantitative estimate of drug-likeness (QED) is 0.159. The lowest BCUT2D eigenvalue weighted by Gasteiger charge is -2.41. The molecule has 0 saturated carbocycles. The third kappa shape index (κ3) is 6.26. The van der Waals surface area contributed by atoms with Gasteiger partial charge in [-0.3, -0.25) is 0 Å². The van der Waals surface area contributed by atoms with Crippen LogP contribution in [-0.4, -0.2) is 79.0 Å². The van der Waals surface area contributed by atoms with Gasteiger partial charge in [0, 0.05) is 23.8 Å². The molecule has 12 heteroatoms. The zero-order chi connectivity index (χ0) is 30.0. The molecule has 0 spiro atoms. The van der Waals surface area contributed by atoms with Crippen molar-refractivity contribution in [2.45, 2.75) is 36.8 Å². The predicted molar refractivity (Wildman–Crippen MR) is 145 cm³/mol. The minimum atomic E-state index is -1.74. The van der Waals surface area contributed by atoms with Gasteiger partial charge in [0.2, 0.25) is 6.29 Å². The number of hydrogen-bond donors (Lipinski definition) is 7. The van der Waals surface area contributed by atoms with Crippen LogP contribution >= 0.6 is 0 Å². The van der Waals surface area contributed by atoms with Gasteiger partial charge in [0.15, 0.2) is 6.10 Å². The van der Waals surface area contributed by atoms with Crippen LogP contribution in [0, 0.1) is 0 Å². The Morgan fingerprint density at radius 1 is 0.833 bits per heavy atom. The summed E-state index contributed by atoms with van der Waals surface area (Å²) in [6, 6.07) is 14.4. The van der Waals surface area contributed by atoms with E-state index < -0.39 is 49.4 Å². The molecular formula is C30H28O12. The third-order valence-corrected chi connectivity index (χ3v) is 6.71. The van der Waals surface area contributed by atoms with Crippen molar-refractivity contribution in [2.75, 3.05) is 6.61 Å². The number of ether oxygens (including phenoxy) is 4. The molecule has 6 atom stereocenters. The number of carbonyl (C=O) groups excluding carboxylic acids is 1. The summed E-state index contributed by atoms with van der Waals surface area (Å²) in [7, 11) is 0. The van der Waals surface area contributed by atoms with Crippen LogP contribution in [0.2, 0.25) is 0 Å². The molecule has 220 valence electrons. The molecule has 0 radical (unpaired) electrons. The Bertz CT molecular complexity index is 1480. The molecule has 3 aromatic carbocycles. The van der Waals surface area contributed by atoms with Crippen LogP contribution in [0.1, 0.15) is 22.8 Å². The van der Waals surface area contributed by atoms with Crippen LogP contribution in [0.3, 0.4) is 0 Å². The normalized spacial score (nSPS) is 25.3. The average Bonchev–Trinajstić information content (AvgIpc) is 2.97. The first-order valence-corrected chi connectivity index (χ1v) is 12.8. The van der Waals surface area contributed by atoms with Crippen LogP contribution in [-0.2, 0) is 19.0 Å². The number of hydrogen-bond acceptors (Lipinski definition) is 12. The summed E-state index contributed by atoms with van der Waals surface area (Å²) in [5.74, 6) is -1.12. The molecule has 1 fully saturated rings. The van der Waals surface area contributed by atoms with Gasteiger partial charge < -0.3 is 54.7 Å². The third-order valence-electron chi connectivity index (χ3n) is 6.71. The molecule has 0 amide bonds. The predicted octanol–water partition coefficient (Wildman–Crippen LogP) is 2.06.